The van der Waals surface area contributed by atoms with Gasteiger partial charge in [0.2, 0.25) is 5.85 Å². The highest BCUT2D eigenvalue weighted by atomic mass is 35.5. The van der Waals surface area contributed by atoms with Crippen molar-refractivity contribution in [3.05, 3.63) is 63.8 Å². The normalized spacial score (nSPS) is 24.7. The van der Waals surface area contributed by atoms with Gasteiger partial charge in [0.15, 0.2) is 5.78 Å². The fourth-order valence-corrected chi connectivity index (χ4v) is 8.18. The van der Waals surface area contributed by atoms with Crippen LogP contribution in [0.25, 0.3) is 10.9 Å². The van der Waals surface area contributed by atoms with E-state index in [2.05, 4.69) is 10.2 Å². The second-order valence-electron chi connectivity index (χ2n) is 13.3. The topological polar surface area (TPSA) is 123 Å². The van der Waals surface area contributed by atoms with Crippen molar-refractivity contribution in [2.24, 2.45) is 13.0 Å². The van der Waals surface area contributed by atoms with Crippen LogP contribution in [-0.2, 0) is 37.3 Å². The van der Waals surface area contributed by atoms with Crippen molar-refractivity contribution in [2.45, 2.75) is 69.1 Å². The fourth-order valence-electron chi connectivity index (χ4n) is 7.71. The number of benzene rings is 2. The number of methoxy groups -OCH3 is 2. The van der Waals surface area contributed by atoms with Gasteiger partial charge in [0, 0.05) is 76.0 Å². The van der Waals surface area contributed by atoms with Crippen LogP contribution >= 0.6 is 23.2 Å². The van der Waals surface area contributed by atoms with E-state index in [1.54, 1.807) is 32.5 Å². The number of Topliss-reactive ketones (excluding diaryl/α,β-unsaturated/α-hetero) is 1. The molecule has 3 atom stereocenters. The molecule has 3 aromatic rings. The number of para-hydroxylation sites is 1. The number of carboxylic acid groups (broad SMARTS) is 1. The largest absolute Gasteiger partial charge is 0.481 e. The first-order chi connectivity index (χ1) is 23.5. The van der Waals surface area contributed by atoms with Crippen LogP contribution in [0.5, 0.6) is 0 Å². The predicted octanol–water partition coefficient (Wildman–Crippen LogP) is 5.60. The zero-order chi connectivity index (χ0) is 34.9. The number of anilines is 1. The number of aromatic nitrogens is 1. The third-order valence-corrected chi connectivity index (χ3v) is 11.0. The Morgan fingerprint density at radius 2 is 1.59 bits per heavy atom. The van der Waals surface area contributed by atoms with Gasteiger partial charge < -0.3 is 29.2 Å². The highest BCUT2D eigenvalue weighted by molar-refractivity contribution is 6.36. The average Bonchev–Trinajstić information content (AvgIpc) is 3.86. The Bertz CT molecular complexity index is 1690. The van der Waals surface area contributed by atoms with Gasteiger partial charge in [-0.3, -0.25) is 24.2 Å². The van der Waals surface area contributed by atoms with Crippen LogP contribution in [0.1, 0.15) is 54.4 Å². The third kappa shape index (κ3) is 7.12. The minimum absolute atomic E-state index is 0.0805. The molecule has 3 heterocycles. The van der Waals surface area contributed by atoms with E-state index in [0.29, 0.717) is 68.7 Å². The van der Waals surface area contributed by atoms with Gasteiger partial charge in [-0.15, -0.1) is 0 Å². The summed E-state index contributed by atoms with van der Waals surface area (Å²) < 4.78 is 20.4. The SMILES string of the molecule is CO[C@H]1CN(C(O[C@H]2CC[C@H](C(=O)O)CC2)(C(=O)Cc2cc(Cl)c(NC(=O)c3cn(C)c4ccccc34)cc2Cl)N2CCCC2)C[C@H]1OC. The van der Waals surface area contributed by atoms with Crippen LogP contribution in [0, 0.1) is 5.92 Å². The van der Waals surface area contributed by atoms with Crippen molar-refractivity contribution in [1.29, 1.82) is 0 Å². The Kier molecular flexibility index (Phi) is 11.0. The second-order valence-corrected chi connectivity index (χ2v) is 14.1. The molecule has 13 heteroatoms. The number of halogens is 2. The van der Waals surface area contributed by atoms with Crippen LogP contribution in [-0.4, -0.2) is 102 Å². The molecule has 2 aliphatic heterocycles. The number of aryl methyl sites for hydroxylation is 1. The van der Waals surface area contributed by atoms with Crippen molar-refractivity contribution in [1.82, 2.24) is 14.4 Å². The molecule has 0 bridgehead atoms. The Balaban J connectivity index is 1.29. The summed E-state index contributed by atoms with van der Waals surface area (Å²) in [6, 6.07) is 10.9. The van der Waals surface area contributed by atoms with Gasteiger partial charge in [-0.25, -0.2) is 0 Å². The van der Waals surface area contributed by atoms with E-state index in [0.717, 1.165) is 23.7 Å². The molecule has 6 rings (SSSR count). The van der Waals surface area contributed by atoms with E-state index in [1.165, 1.54) is 0 Å². The summed E-state index contributed by atoms with van der Waals surface area (Å²) in [6.07, 6.45) is 4.71. The van der Waals surface area contributed by atoms with Gasteiger partial charge in [0.1, 0.15) is 0 Å². The van der Waals surface area contributed by atoms with Gasteiger partial charge in [-0.2, -0.15) is 0 Å². The second kappa shape index (κ2) is 15.1. The lowest BCUT2D eigenvalue weighted by Gasteiger charge is -2.48. The molecule has 1 aliphatic carbocycles. The highest BCUT2D eigenvalue weighted by Crippen LogP contribution is 2.39. The molecule has 11 nitrogen and oxygen atoms in total. The molecule has 2 saturated heterocycles. The standard InChI is InChI=1S/C36H44Cl2N4O7/c1-40-19-26(25-8-4-5-9-30(25)40)34(44)39-29-18-27(37)23(16-28(29)38)17-33(43)36(41-14-6-7-15-41,42-20-31(47-2)32(21-42)48-3)49-24-12-10-22(11-13-24)35(45)46/h4-5,8-9,16,18-19,22,24,31-32H,6-7,10-15,17,20-21H2,1-3H3,(H,39,44)(H,45,46)/t22-,24-,31-,32+,36?. The molecule has 0 radical (unpaired) electrons. The Labute approximate surface area is 296 Å². The molecule has 1 saturated carbocycles. The van der Waals surface area contributed by atoms with Gasteiger partial charge in [0.05, 0.1) is 40.5 Å². The van der Waals surface area contributed by atoms with Crippen molar-refractivity contribution >= 4 is 57.5 Å². The number of amides is 1. The number of ketones is 1. The number of ether oxygens (including phenoxy) is 3. The first-order valence-corrected chi connectivity index (χ1v) is 17.6. The number of carbonyl (C=O) groups is 3. The van der Waals surface area contributed by atoms with Crippen molar-refractivity contribution in [3.63, 3.8) is 0 Å². The third-order valence-electron chi connectivity index (χ3n) is 10.4. The molecular weight excluding hydrogens is 671 g/mol. The van der Waals surface area contributed by atoms with Crippen molar-refractivity contribution in [3.8, 4) is 0 Å². The van der Waals surface area contributed by atoms with Crippen LogP contribution in [0.15, 0.2) is 42.6 Å². The zero-order valence-electron chi connectivity index (χ0n) is 28.1. The molecule has 2 aromatic carbocycles. The summed E-state index contributed by atoms with van der Waals surface area (Å²) in [5, 5.41) is 13.8. The molecule has 2 N–H and O–H groups in total. The minimum Gasteiger partial charge on any atom is -0.481 e. The van der Waals surface area contributed by atoms with Gasteiger partial charge in [-0.05, 0) is 62.3 Å². The highest BCUT2D eigenvalue weighted by Gasteiger charge is 2.56. The van der Waals surface area contributed by atoms with Crippen LogP contribution in [0.4, 0.5) is 5.69 Å². The number of hydrogen-bond donors (Lipinski definition) is 2. The number of nitrogens with zero attached hydrogens (tertiary/aromatic N) is 3. The molecule has 49 heavy (non-hydrogen) atoms. The number of carboxylic acids is 1. The summed E-state index contributed by atoms with van der Waals surface area (Å²) in [5.74, 6) is -3.19. The van der Waals surface area contributed by atoms with Crippen LogP contribution < -0.4 is 5.32 Å². The summed E-state index contributed by atoms with van der Waals surface area (Å²) in [6.45, 7) is 2.15. The molecule has 3 aliphatic rings. The number of hydrogen-bond acceptors (Lipinski definition) is 8. The lowest BCUT2D eigenvalue weighted by molar-refractivity contribution is -0.253. The first-order valence-electron chi connectivity index (χ1n) is 16.9. The van der Waals surface area contributed by atoms with E-state index < -0.39 is 17.7 Å². The Morgan fingerprint density at radius 3 is 2.22 bits per heavy atom. The number of nitrogens with one attached hydrogen (secondary N) is 1. The monoisotopic (exact) mass is 714 g/mol. The smallest absolute Gasteiger partial charge is 0.306 e. The predicted molar refractivity (Wildman–Crippen MR) is 187 cm³/mol. The van der Waals surface area contributed by atoms with Gasteiger partial charge in [-0.1, -0.05) is 41.4 Å². The Morgan fingerprint density at radius 1 is 0.939 bits per heavy atom. The summed E-state index contributed by atoms with van der Waals surface area (Å²) in [4.78, 5) is 44.1. The summed E-state index contributed by atoms with van der Waals surface area (Å²) >= 11 is 13.6. The molecule has 1 aromatic heterocycles. The van der Waals surface area contributed by atoms with E-state index in [4.69, 9.17) is 37.4 Å². The van der Waals surface area contributed by atoms with Crippen LogP contribution in [0.3, 0.4) is 0 Å². The number of rotatable bonds is 12. The average molecular weight is 716 g/mol. The summed E-state index contributed by atoms with van der Waals surface area (Å²) in [5.41, 5.74) is 2.27. The minimum atomic E-state index is -1.45. The molecule has 1 amide bonds. The van der Waals surface area contributed by atoms with Gasteiger partial charge in [0.25, 0.3) is 5.91 Å². The number of likely N-dealkylation sites (tertiary alicyclic amines) is 2. The van der Waals surface area contributed by atoms with E-state index in [1.807, 2.05) is 40.8 Å². The number of aliphatic carboxylic acids is 1. The lowest BCUT2D eigenvalue weighted by atomic mass is 9.87. The van der Waals surface area contributed by atoms with Crippen molar-refractivity contribution in [2.75, 3.05) is 45.7 Å². The van der Waals surface area contributed by atoms with E-state index >= 15 is 0 Å². The van der Waals surface area contributed by atoms with Crippen LogP contribution in [0.2, 0.25) is 10.0 Å². The quantitative estimate of drug-likeness (QED) is 0.247. The summed E-state index contributed by atoms with van der Waals surface area (Å²) in [7, 11) is 5.15. The Hall–Kier alpha value is -3.03. The molecule has 0 spiro atoms. The zero-order valence-corrected chi connectivity index (χ0v) is 29.6. The molecule has 1 unspecified atom stereocenters. The molecular formula is C36H44Cl2N4O7. The number of fused-ring (bicyclic) bond motifs is 1. The maximum Gasteiger partial charge on any atom is 0.306 e. The maximum absolute atomic E-state index is 14.9. The van der Waals surface area contributed by atoms with Gasteiger partial charge >= 0.3 is 5.97 Å². The fraction of sp³-hybridized carbons (Fsp3) is 0.528. The van der Waals surface area contributed by atoms with E-state index in [-0.39, 0.29) is 46.5 Å². The van der Waals surface area contributed by atoms with E-state index in [9.17, 15) is 19.5 Å². The molecule has 3 fully saturated rings. The number of carbonyl (C=O) groups excluding carboxylic acids is 2. The maximum atomic E-state index is 14.9. The first kappa shape index (κ1) is 35.8. The molecule has 264 valence electrons. The van der Waals surface area contributed by atoms with Crippen molar-refractivity contribution < 1.29 is 33.7 Å². The lowest BCUT2D eigenvalue weighted by Crippen LogP contribution is -2.67.